The molecule has 0 aromatic heterocycles. The Morgan fingerprint density at radius 1 is 0.750 bits per heavy atom. The van der Waals surface area contributed by atoms with Gasteiger partial charge in [-0.25, -0.2) is 5.57 Å². The molecule has 4 heteroatoms. The Kier molecular flexibility index (Phi) is 14.9. The zero-order valence-electron chi connectivity index (χ0n) is 19.0. The van der Waals surface area contributed by atoms with E-state index in [1.165, 1.54) is 32.9 Å². The number of rotatable bonds is 4. The monoisotopic (exact) mass is 520 g/mol. The third-order valence-electron chi connectivity index (χ3n) is 5.47. The summed E-state index contributed by atoms with van der Waals surface area (Å²) in [6, 6.07) is 33.3. The molecule has 3 aromatic rings. The van der Waals surface area contributed by atoms with Gasteiger partial charge in [0.1, 0.15) is 0 Å². The molecule has 0 bridgehead atoms. The normalized spacial score (nSPS) is 14.3. The van der Waals surface area contributed by atoms with Crippen LogP contribution in [0, 0.1) is 18.1 Å². The third kappa shape index (κ3) is 8.56. The van der Waals surface area contributed by atoms with Crippen molar-refractivity contribution in [3.8, 4) is 0 Å². The fourth-order valence-corrected chi connectivity index (χ4v) is 5.67. The van der Waals surface area contributed by atoms with Crippen LogP contribution in [0.3, 0.4) is 0 Å². The van der Waals surface area contributed by atoms with Crippen LogP contribution < -0.4 is 10.6 Å². The van der Waals surface area contributed by atoms with Crippen molar-refractivity contribution in [2.24, 2.45) is 5.92 Å². The maximum Gasteiger partial charge on any atom is 2.00 e. The van der Waals surface area contributed by atoms with Gasteiger partial charge in [0.15, 0.2) is 0 Å². The number of hydrogen-bond acceptors (Lipinski definition) is 0. The van der Waals surface area contributed by atoms with Crippen LogP contribution in [0.4, 0.5) is 0 Å². The molecular weight excluding hydrogens is 490 g/mol. The molecule has 4 rings (SSSR count). The van der Waals surface area contributed by atoms with Crippen molar-refractivity contribution in [1.82, 2.24) is 0 Å². The molecule has 0 heterocycles. The molecule has 32 heavy (non-hydrogen) atoms. The second-order valence-corrected chi connectivity index (χ2v) is 9.65. The first-order valence-corrected chi connectivity index (χ1v) is 11.7. The predicted octanol–water partition coefficient (Wildman–Crippen LogP) is 7.68. The molecule has 1 aliphatic rings. The summed E-state index contributed by atoms with van der Waals surface area (Å²) < 4.78 is 0. The van der Waals surface area contributed by atoms with E-state index in [1.54, 1.807) is 0 Å². The molecule has 0 saturated carbocycles. The molecule has 0 saturated heterocycles. The Labute approximate surface area is 218 Å². The van der Waals surface area contributed by atoms with Gasteiger partial charge in [-0.15, -0.1) is 31.7 Å². The average Bonchev–Trinajstić information content (AvgIpc) is 3.00. The van der Waals surface area contributed by atoms with Crippen molar-refractivity contribution in [1.29, 1.82) is 0 Å². The Bertz CT molecular complexity index is 931. The van der Waals surface area contributed by atoms with Gasteiger partial charge < -0.3 is 0 Å². The van der Waals surface area contributed by atoms with Crippen molar-refractivity contribution in [3.63, 3.8) is 0 Å². The molecule has 0 nitrogen and oxygen atoms in total. The van der Waals surface area contributed by atoms with Gasteiger partial charge in [0.05, 0.1) is 0 Å². The quantitative estimate of drug-likeness (QED) is 0.244. The molecule has 0 fully saturated rings. The van der Waals surface area contributed by atoms with Gasteiger partial charge in [0.25, 0.3) is 0 Å². The summed E-state index contributed by atoms with van der Waals surface area (Å²) in [4.78, 5) is 0. The second-order valence-electron chi connectivity index (χ2n) is 7.44. The van der Waals surface area contributed by atoms with Crippen LogP contribution in [-0.2, 0) is 23.5 Å². The van der Waals surface area contributed by atoms with E-state index in [0.29, 0.717) is 5.92 Å². The van der Waals surface area contributed by atoms with E-state index in [0.717, 1.165) is 6.16 Å². The van der Waals surface area contributed by atoms with Crippen LogP contribution >= 0.6 is 32.7 Å². The van der Waals surface area contributed by atoms with Gasteiger partial charge in [0, 0.05) is 0 Å². The van der Waals surface area contributed by atoms with Crippen molar-refractivity contribution >= 4 is 43.3 Å². The topological polar surface area (TPSA) is 0 Å². The largest absolute Gasteiger partial charge is 2.00 e. The fraction of sp³-hybridized carbons (Fsp3) is 0.214. The van der Waals surface area contributed by atoms with Gasteiger partial charge in [-0.05, 0) is 24.7 Å². The van der Waals surface area contributed by atoms with Crippen LogP contribution in [-0.4, -0.2) is 0 Å². The standard InChI is InChI=1S/C19H16P.C9H13.2ClH.Cr/c1-4-10-17(11-5-1)16-20(18-12-6-2-7-13-18)19-14-8-3-9-15-19;1-6-5-7(2)9(4)8(6)3;;;/h1-10,12-15H,16H2;6H,1-4H3;2*1H;/q2*-1;;;+2. The molecule has 0 aliphatic heterocycles. The van der Waals surface area contributed by atoms with Gasteiger partial charge in [0.2, 0.25) is 0 Å². The Morgan fingerprint density at radius 3 is 1.59 bits per heavy atom. The molecule has 168 valence electrons. The molecule has 1 aliphatic carbocycles. The van der Waals surface area contributed by atoms with Crippen LogP contribution in [0.1, 0.15) is 33.3 Å². The first-order chi connectivity index (χ1) is 14.1. The van der Waals surface area contributed by atoms with E-state index in [-0.39, 0.29) is 50.1 Å². The maximum atomic E-state index is 3.36. The molecule has 1 unspecified atom stereocenters. The maximum absolute atomic E-state index is 3.36. The van der Waals surface area contributed by atoms with Crippen LogP contribution in [0.2, 0.25) is 0 Å². The Balaban J connectivity index is 0.000000690. The predicted molar refractivity (Wildman–Crippen MR) is 143 cm³/mol. The molecule has 3 aromatic carbocycles. The molecule has 1 atom stereocenters. The van der Waals surface area contributed by atoms with Crippen LogP contribution in [0.25, 0.3) is 0 Å². The van der Waals surface area contributed by atoms with Crippen molar-refractivity contribution in [2.45, 2.75) is 33.9 Å². The van der Waals surface area contributed by atoms with Crippen LogP contribution in [0.5, 0.6) is 0 Å². The summed E-state index contributed by atoms with van der Waals surface area (Å²) in [5.41, 5.74) is 5.53. The number of benzene rings is 3. The summed E-state index contributed by atoms with van der Waals surface area (Å²) in [5.74, 6) is 0.560. The van der Waals surface area contributed by atoms with Crippen molar-refractivity contribution < 1.29 is 17.4 Å². The van der Waals surface area contributed by atoms with Crippen molar-refractivity contribution in [2.75, 3.05) is 0 Å². The number of hydrogen-bond donors (Lipinski definition) is 0. The minimum Gasteiger partial charge on any atom is -0.266 e. The minimum atomic E-state index is -0.358. The summed E-state index contributed by atoms with van der Waals surface area (Å²) >= 11 is 0. The number of halogens is 2. The SMILES string of the molecule is CC1=[C-]C(C)C(C)=C1C.Cl.Cl.[Cr+2].[c-]1ccccc1CP(c1ccccc1)c1ccccc1. The Hall–Kier alpha value is -1.32. The summed E-state index contributed by atoms with van der Waals surface area (Å²) in [6.07, 6.45) is 4.40. The molecule has 0 spiro atoms. The summed E-state index contributed by atoms with van der Waals surface area (Å²) in [6.45, 7) is 8.67. The van der Waals surface area contributed by atoms with Gasteiger partial charge in [-0.1, -0.05) is 87.4 Å². The molecule has 0 amide bonds. The van der Waals surface area contributed by atoms with E-state index in [9.17, 15) is 0 Å². The smallest absolute Gasteiger partial charge is 0.266 e. The zero-order valence-corrected chi connectivity index (χ0v) is 22.8. The van der Waals surface area contributed by atoms with E-state index in [4.69, 9.17) is 0 Å². The fourth-order valence-electron chi connectivity index (χ4n) is 3.41. The van der Waals surface area contributed by atoms with E-state index in [2.05, 4.69) is 113 Å². The summed E-state index contributed by atoms with van der Waals surface area (Å²) in [5, 5.41) is 2.84. The van der Waals surface area contributed by atoms with Gasteiger partial charge in [-0.3, -0.25) is 6.08 Å². The van der Waals surface area contributed by atoms with E-state index in [1.807, 2.05) is 12.1 Å². The third-order valence-corrected chi connectivity index (χ3v) is 7.97. The molecule has 0 radical (unpaired) electrons. The van der Waals surface area contributed by atoms with E-state index >= 15 is 0 Å². The summed E-state index contributed by atoms with van der Waals surface area (Å²) in [7, 11) is -0.358. The van der Waals surface area contributed by atoms with Crippen molar-refractivity contribution in [3.05, 3.63) is 119 Å². The Morgan fingerprint density at radius 2 is 1.25 bits per heavy atom. The molecular formula is C28H31Cl2CrP. The first kappa shape index (κ1) is 30.7. The van der Waals surface area contributed by atoms with Gasteiger partial charge in [-0.2, -0.15) is 47.0 Å². The zero-order chi connectivity index (χ0) is 20.6. The average molecular weight is 521 g/mol. The molecule has 0 N–H and O–H groups in total. The van der Waals surface area contributed by atoms with E-state index < -0.39 is 0 Å². The van der Waals surface area contributed by atoms with Crippen LogP contribution in [0.15, 0.2) is 102 Å². The van der Waals surface area contributed by atoms with Gasteiger partial charge >= 0.3 is 17.4 Å². The first-order valence-electron chi connectivity index (χ1n) is 10.2. The second kappa shape index (κ2) is 15.5. The minimum absolute atomic E-state index is 0. The number of allylic oxidation sites excluding steroid dienone is 4.